The summed E-state index contributed by atoms with van der Waals surface area (Å²) in [6.07, 6.45) is 3.22. The van der Waals surface area contributed by atoms with Gasteiger partial charge in [-0.3, -0.25) is 14.9 Å². The van der Waals surface area contributed by atoms with E-state index in [0.717, 1.165) is 38.8 Å². The van der Waals surface area contributed by atoms with Crippen molar-refractivity contribution in [3.8, 4) is 5.75 Å². The first-order valence-electron chi connectivity index (χ1n) is 10.4. The van der Waals surface area contributed by atoms with Crippen LogP contribution in [0.2, 0.25) is 0 Å². The number of hydrogen-bond acceptors (Lipinski definition) is 5. The first kappa shape index (κ1) is 20.9. The van der Waals surface area contributed by atoms with Gasteiger partial charge in [-0.25, -0.2) is 4.98 Å². The number of thiazole rings is 1. The predicted molar refractivity (Wildman–Crippen MR) is 130 cm³/mol. The van der Waals surface area contributed by atoms with E-state index < -0.39 is 11.5 Å². The lowest BCUT2D eigenvalue weighted by Gasteiger charge is -2.23. The Balaban J connectivity index is 1.57. The summed E-state index contributed by atoms with van der Waals surface area (Å²) in [5.41, 5.74) is 2.55. The Morgan fingerprint density at radius 3 is 2.75 bits per heavy atom. The normalized spacial score (nSPS) is 13.2. The molecule has 0 saturated carbocycles. The van der Waals surface area contributed by atoms with E-state index in [2.05, 4.69) is 26.2 Å². The van der Waals surface area contributed by atoms with Crippen molar-refractivity contribution < 1.29 is 9.90 Å². The number of benzene rings is 2. The van der Waals surface area contributed by atoms with Gasteiger partial charge in [-0.05, 0) is 49.4 Å². The van der Waals surface area contributed by atoms with Gasteiger partial charge in [0.1, 0.15) is 11.3 Å². The molecule has 5 rings (SSSR count). The van der Waals surface area contributed by atoms with Crippen LogP contribution in [0.25, 0.3) is 10.2 Å². The molecule has 6 nitrogen and oxygen atoms in total. The zero-order valence-corrected chi connectivity index (χ0v) is 19.5. The molecule has 1 aliphatic rings. The van der Waals surface area contributed by atoms with E-state index in [9.17, 15) is 14.7 Å². The summed E-state index contributed by atoms with van der Waals surface area (Å²) in [7, 11) is 0. The van der Waals surface area contributed by atoms with E-state index in [1.807, 2.05) is 48.5 Å². The minimum absolute atomic E-state index is 0.199. The molecular weight excluding hydrogens is 490 g/mol. The molecule has 0 aliphatic heterocycles. The molecule has 1 amide bonds. The number of amides is 1. The van der Waals surface area contributed by atoms with Gasteiger partial charge in [-0.2, -0.15) is 0 Å². The molecule has 0 fully saturated rings. The Hall–Kier alpha value is -2.97. The SMILES string of the molecule is O=C(Nc1nc2ccc(Br)cc2s1)c1c(O)c2c(n(Cc3ccccc3)c1=O)CCCC2. The minimum atomic E-state index is -0.638. The number of rotatable bonds is 4. The first-order chi connectivity index (χ1) is 15.5. The van der Waals surface area contributed by atoms with Crippen molar-refractivity contribution in [3.63, 3.8) is 0 Å². The summed E-state index contributed by atoms with van der Waals surface area (Å²) in [4.78, 5) is 31.0. The number of hydrogen-bond donors (Lipinski definition) is 2. The van der Waals surface area contributed by atoms with Crippen LogP contribution in [-0.4, -0.2) is 20.6 Å². The second-order valence-corrected chi connectivity index (χ2v) is 9.76. The lowest BCUT2D eigenvalue weighted by molar-refractivity contribution is 0.102. The molecule has 0 bridgehead atoms. The summed E-state index contributed by atoms with van der Waals surface area (Å²) < 4.78 is 3.47. The molecule has 0 unspecified atom stereocenters. The van der Waals surface area contributed by atoms with E-state index in [1.54, 1.807) is 4.57 Å². The third-order valence-electron chi connectivity index (χ3n) is 5.73. The maximum atomic E-state index is 13.4. The molecule has 1 aliphatic carbocycles. The molecule has 2 aromatic carbocycles. The molecule has 2 aromatic heterocycles. The second-order valence-electron chi connectivity index (χ2n) is 7.82. The molecule has 0 atom stereocenters. The fourth-order valence-electron chi connectivity index (χ4n) is 4.20. The Morgan fingerprint density at radius 1 is 1.16 bits per heavy atom. The maximum absolute atomic E-state index is 13.4. The molecule has 0 saturated heterocycles. The van der Waals surface area contributed by atoms with Crippen molar-refractivity contribution >= 4 is 48.5 Å². The Bertz CT molecular complexity index is 1400. The highest BCUT2D eigenvalue weighted by atomic mass is 79.9. The van der Waals surface area contributed by atoms with Crippen LogP contribution < -0.4 is 10.9 Å². The maximum Gasteiger partial charge on any atom is 0.267 e. The smallest absolute Gasteiger partial charge is 0.267 e. The lowest BCUT2D eigenvalue weighted by atomic mass is 9.92. The molecular formula is C24H20BrN3O3S. The molecule has 2 N–H and O–H groups in total. The number of halogens is 1. The van der Waals surface area contributed by atoms with Crippen molar-refractivity contribution in [1.82, 2.24) is 9.55 Å². The highest BCUT2D eigenvalue weighted by Crippen LogP contribution is 2.32. The van der Waals surface area contributed by atoms with Crippen molar-refractivity contribution in [2.24, 2.45) is 0 Å². The van der Waals surface area contributed by atoms with Gasteiger partial charge in [-0.1, -0.05) is 57.6 Å². The average molecular weight is 510 g/mol. The molecule has 0 spiro atoms. The van der Waals surface area contributed by atoms with Gasteiger partial charge in [0.15, 0.2) is 5.13 Å². The Kier molecular flexibility index (Phi) is 5.57. The van der Waals surface area contributed by atoms with Crippen LogP contribution >= 0.6 is 27.3 Å². The minimum Gasteiger partial charge on any atom is -0.507 e. The summed E-state index contributed by atoms with van der Waals surface area (Å²) in [6.45, 7) is 0.359. The van der Waals surface area contributed by atoms with E-state index >= 15 is 0 Å². The summed E-state index contributed by atoms with van der Waals surface area (Å²) in [5.74, 6) is -0.837. The highest BCUT2D eigenvalue weighted by molar-refractivity contribution is 9.10. The van der Waals surface area contributed by atoms with E-state index in [1.165, 1.54) is 11.3 Å². The van der Waals surface area contributed by atoms with E-state index in [0.29, 0.717) is 30.1 Å². The van der Waals surface area contributed by atoms with Crippen LogP contribution in [0.1, 0.15) is 40.0 Å². The Morgan fingerprint density at radius 2 is 1.94 bits per heavy atom. The predicted octanol–water partition coefficient (Wildman–Crippen LogP) is 5.11. The van der Waals surface area contributed by atoms with Crippen LogP contribution in [0.3, 0.4) is 0 Å². The zero-order valence-electron chi connectivity index (χ0n) is 17.1. The van der Waals surface area contributed by atoms with Gasteiger partial charge >= 0.3 is 0 Å². The van der Waals surface area contributed by atoms with Crippen LogP contribution in [0, 0.1) is 0 Å². The number of nitrogens with one attached hydrogen (secondary N) is 1. The number of fused-ring (bicyclic) bond motifs is 2. The van der Waals surface area contributed by atoms with Crippen LogP contribution in [0.15, 0.2) is 57.8 Å². The molecule has 162 valence electrons. The number of aromatic hydroxyl groups is 1. The lowest BCUT2D eigenvalue weighted by Crippen LogP contribution is -2.34. The average Bonchev–Trinajstić information content (AvgIpc) is 3.18. The first-order valence-corrected chi connectivity index (χ1v) is 12.0. The molecule has 8 heteroatoms. The van der Waals surface area contributed by atoms with Gasteiger partial charge in [0.05, 0.1) is 16.8 Å². The monoisotopic (exact) mass is 509 g/mol. The number of carbonyl (C=O) groups is 1. The van der Waals surface area contributed by atoms with E-state index in [-0.39, 0.29) is 11.3 Å². The van der Waals surface area contributed by atoms with Crippen molar-refractivity contribution in [2.75, 3.05) is 5.32 Å². The number of pyridine rings is 1. The topological polar surface area (TPSA) is 84.2 Å². The van der Waals surface area contributed by atoms with Gasteiger partial charge in [-0.15, -0.1) is 0 Å². The largest absolute Gasteiger partial charge is 0.507 e. The van der Waals surface area contributed by atoms with Gasteiger partial charge in [0.25, 0.3) is 11.5 Å². The fraction of sp³-hybridized carbons (Fsp3) is 0.208. The van der Waals surface area contributed by atoms with Crippen molar-refractivity contribution in [2.45, 2.75) is 32.2 Å². The number of aromatic nitrogens is 2. The number of carbonyl (C=O) groups excluding carboxylic acids is 1. The van der Waals surface area contributed by atoms with Gasteiger partial charge in [0.2, 0.25) is 0 Å². The number of nitrogens with zero attached hydrogens (tertiary/aromatic N) is 2. The summed E-state index contributed by atoms with van der Waals surface area (Å²) in [5, 5.41) is 14.0. The van der Waals surface area contributed by atoms with Crippen LogP contribution in [0.4, 0.5) is 5.13 Å². The quantitative estimate of drug-likeness (QED) is 0.400. The van der Waals surface area contributed by atoms with Crippen molar-refractivity contribution in [1.29, 1.82) is 0 Å². The standard InChI is InChI=1S/C24H20BrN3O3S/c25-15-10-11-17-19(12-15)32-24(26-17)27-22(30)20-21(29)16-8-4-5-9-18(16)28(23(20)31)13-14-6-2-1-3-7-14/h1-3,6-7,10-12,29H,4-5,8-9,13H2,(H,26,27,30). The summed E-state index contributed by atoms with van der Waals surface area (Å²) >= 11 is 4.75. The molecule has 2 heterocycles. The highest BCUT2D eigenvalue weighted by Gasteiger charge is 2.27. The molecule has 32 heavy (non-hydrogen) atoms. The van der Waals surface area contributed by atoms with Crippen LogP contribution in [0.5, 0.6) is 5.75 Å². The zero-order chi connectivity index (χ0) is 22.2. The third-order valence-corrected chi connectivity index (χ3v) is 7.15. The van der Waals surface area contributed by atoms with Crippen LogP contribution in [-0.2, 0) is 19.4 Å². The third kappa shape index (κ3) is 3.84. The Labute approximate surface area is 196 Å². The van der Waals surface area contributed by atoms with Gasteiger partial charge < -0.3 is 9.67 Å². The second kappa shape index (κ2) is 8.52. The molecule has 0 radical (unpaired) electrons. The van der Waals surface area contributed by atoms with E-state index in [4.69, 9.17) is 0 Å². The fourth-order valence-corrected chi connectivity index (χ4v) is 5.61. The van der Waals surface area contributed by atoms with Gasteiger partial charge in [0, 0.05) is 15.7 Å². The summed E-state index contributed by atoms with van der Waals surface area (Å²) in [6, 6.07) is 15.3. The van der Waals surface area contributed by atoms with Crippen molar-refractivity contribution in [3.05, 3.63) is 85.7 Å². The molecule has 4 aromatic rings. The number of anilines is 1.